The minimum atomic E-state index is -0.522. The van der Waals surface area contributed by atoms with Gasteiger partial charge in [-0.05, 0) is 32.3 Å². The summed E-state index contributed by atoms with van der Waals surface area (Å²) in [4.78, 5) is 26.1. The van der Waals surface area contributed by atoms with Crippen molar-refractivity contribution in [3.8, 4) is 5.75 Å². The second kappa shape index (κ2) is 8.41. The molecule has 0 radical (unpaired) electrons. The van der Waals surface area contributed by atoms with E-state index in [1.165, 1.54) is 6.42 Å². The predicted molar refractivity (Wildman–Crippen MR) is 88.3 cm³/mol. The van der Waals surface area contributed by atoms with E-state index in [9.17, 15) is 9.59 Å². The Bertz CT molecular complexity index is 542. The zero-order chi connectivity index (χ0) is 16.7. The van der Waals surface area contributed by atoms with Crippen molar-refractivity contribution in [2.24, 2.45) is 0 Å². The van der Waals surface area contributed by atoms with Crippen molar-refractivity contribution in [3.05, 3.63) is 29.8 Å². The Morgan fingerprint density at radius 3 is 2.61 bits per heavy atom. The number of carbonyl (C=O) groups is 2. The minimum Gasteiger partial charge on any atom is -0.496 e. The molecule has 126 valence electrons. The van der Waals surface area contributed by atoms with Gasteiger partial charge in [0.2, 0.25) is 5.91 Å². The molecule has 1 aliphatic heterocycles. The molecule has 1 aromatic carbocycles. The lowest BCUT2D eigenvalue weighted by Gasteiger charge is -2.29. The van der Waals surface area contributed by atoms with E-state index in [1.54, 1.807) is 14.0 Å². The molecule has 23 heavy (non-hydrogen) atoms. The molecule has 1 aromatic rings. The van der Waals surface area contributed by atoms with Crippen molar-refractivity contribution >= 4 is 11.9 Å². The number of methoxy groups -OCH3 is 1. The van der Waals surface area contributed by atoms with E-state index in [1.807, 2.05) is 29.2 Å². The number of amides is 3. The first-order chi connectivity index (χ1) is 11.1. The van der Waals surface area contributed by atoms with Gasteiger partial charge in [0.05, 0.1) is 7.11 Å². The van der Waals surface area contributed by atoms with Crippen LogP contribution in [0, 0.1) is 0 Å². The number of hydrogen-bond donors (Lipinski definition) is 2. The van der Waals surface area contributed by atoms with Crippen molar-refractivity contribution in [1.82, 2.24) is 15.5 Å². The standard InChI is InChI=1S/C17H25N3O3/c1-13(16(21)20-10-6-3-7-11-20)19-17(22)18-12-14-8-4-5-9-15(14)23-2/h4-5,8-9,13H,3,6-7,10-12H2,1-2H3,(H2,18,19,22)/t13-/m1/s1. The Balaban J connectivity index is 1.80. The highest BCUT2D eigenvalue weighted by Crippen LogP contribution is 2.16. The van der Waals surface area contributed by atoms with E-state index >= 15 is 0 Å². The van der Waals surface area contributed by atoms with Crippen LogP contribution in [0.5, 0.6) is 5.75 Å². The van der Waals surface area contributed by atoms with Crippen LogP contribution < -0.4 is 15.4 Å². The molecule has 0 saturated carbocycles. The van der Waals surface area contributed by atoms with Crippen LogP contribution in [0.15, 0.2) is 24.3 Å². The second-order valence-corrected chi connectivity index (χ2v) is 5.75. The van der Waals surface area contributed by atoms with Gasteiger partial charge in [-0.2, -0.15) is 0 Å². The van der Waals surface area contributed by atoms with Crippen molar-refractivity contribution < 1.29 is 14.3 Å². The maximum Gasteiger partial charge on any atom is 0.315 e. The van der Waals surface area contributed by atoms with Gasteiger partial charge in [-0.1, -0.05) is 18.2 Å². The van der Waals surface area contributed by atoms with Crippen LogP contribution in [-0.4, -0.2) is 43.1 Å². The molecular weight excluding hydrogens is 294 g/mol. The zero-order valence-electron chi connectivity index (χ0n) is 13.8. The summed E-state index contributed by atoms with van der Waals surface area (Å²) in [7, 11) is 1.60. The number of benzene rings is 1. The van der Waals surface area contributed by atoms with E-state index in [4.69, 9.17) is 4.74 Å². The number of hydrogen-bond acceptors (Lipinski definition) is 3. The lowest BCUT2D eigenvalue weighted by molar-refractivity contribution is -0.133. The fraction of sp³-hybridized carbons (Fsp3) is 0.529. The first kappa shape index (κ1) is 17.1. The molecule has 0 bridgehead atoms. The number of rotatable bonds is 5. The molecule has 2 N–H and O–H groups in total. The van der Waals surface area contributed by atoms with Crippen molar-refractivity contribution in [3.63, 3.8) is 0 Å². The van der Waals surface area contributed by atoms with E-state index in [2.05, 4.69) is 10.6 Å². The minimum absolute atomic E-state index is 0.0165. The van der Waals surface area contributed by atoms with Crippen molar-refractivity contribution in [2.75, 3.05) is 20.2 Å². The van der Waals surface area contributed by atoms with Crippen LogP contribution in [0.4, 0.5) is 4.79 Å². The summed E-state index contributed by atoms with van der Waals surface area (Å²) >= 11 is 0. The van der Waals surface area contributed by atoms with Crippen molar-refractivity contribution in [2.45, 2.75) is 38.8 Å². The van der Waals surface area contributed by atoms with Gasteiger partial charge in [-0.15, -0.1) is 0 Å². The molecule has 1 heterocycles. The van der Waals surface area contributed by atoms with Gasteiger partial charge in [0.15, 0.2) is 0 Å². The van der Waals surface area contributed by atoms with Gasteiger partial charge < -0.3 is 20.3 Å². The average Bonchev–Trinajstić information content (AvgIpc) is 2.60. The Hall–Kier alpha value is -2.24. The molecule has 1 saturated heterocycles. The van der Waals surface area contributed by atoms with E-state index in [-0.39, 0.29) is 11.9 Å². The molecule has 0 aliphatic carbocycles. The quantitative estimate of drug-likeness (QED) is 0.871. The number of nitrogens with one attached hydrogen (secondary N) is 2. The SMILES string of the molecule is COc1ccccc1CNC(=O)N[C@H](C)C(=O)N1CCCCC1. The average molecular weight is 319 g/mol. The smallest absolute Gasteiger partial charge is 0.315 e. The van der Waals surface area contributed by atoms with Gasteiger partial charge in [-0.25, -0.2) is 4.79 Å². The molecule has 2 rings (SSSR count). The molecule has 0 spiro atoms. The Morgan fingerprint density at radius 1 is 1.22 bits per heavy atom. The Labute approximate surface area is 137 Å². The van der Waals surface area contributed by atoms with E-state index in [0.29, 0.717) is 6.54 Å². The third-order valence-corrected chi connectivity index (χ3v) is 4.02. The number of urea groups is 1. The highest BCUT2D eigenvalue weighted by molar-refractivity contribution is 5.86. The molecule has 0 unspecified atom stereocenters. The molecule has 6 heteroatoms. The number of ether oxygens (including phenoxy) is 1. The van der Waals surface area contributed by atoms with Crippen LogP contribution in [0.2, 0.25) is 0 Å². The number of piperidine rings is 1. The first-order valence-corrected chi connectivity index (χ1v) is 8.07. The zero-order valence-corrected chi connectivity index (χ0v) is 13.8. The topological polar surface area (TPSA) is 70.7 Å². The van der Waals surface area contributed by atoms with Gasteiger partial charge >= 0.3 is 6.03 Å². The van der Waals surface area contributed by atoms with Crippen LogP contribution in [0.1, 0.15) is 31.7 Å². The van der Waals surface area contributed by atoms with Crippen LogP contribution >= 0.6 is 0 Å². The molecule has 6 nitrogen and oxygen atoms in total. The lowest BCUT2D eigenvalue weighted by Crippen LogP contribution is -2.50. The van der Waals surface area contributed by atoms with Crippen LogP contribution in [0.25, 0.3) is 0 Å². The molecule has 3 amide bonds. The van der Waals surface area contributed by atoms with Gasteiger partial charge in [0.1, 0.15) is 11.8 Å². The largest absolute Gasteiger partial charge is 0.496 e. The maximum absolute atomic E-state index is 12.3. The van der Waals surface area contributed by atoms with E-state index in [0.717, 1.165) is 37.2 Å². The molecule has 0 aromatic heterocycles. The highest BCUT2D eigenvalue weighted by Gasteiger charge is 2.23. The van der Waals surface area contributed by atoms with Gasteiger partial charge in [0, 0.05) is 25.2 Å². The van der Waals surface area contributed by atoms with E-state index < -0.39 is 6.04 Å². The molecule has 1 fully saturated rings. The summed E-state index contributed by atoms with van der Waals surface area (Å²) in [6.07, 6.45) is 3.25. The number of likely N-dealkylation sites (tertiary alicyclic amines) is 1. The third kappa shape index (κ3) is 4.87. The van der Waals surface area contributed by atoms with Crippen LogP contribution in [0.3, 0.4) is 0 Å². The predicted octanol–water partition coefficient (Wildman–Crippen LogP) is 1.90. The molecular formula is C17H25N3O3. The summed E-state index contributed by atoms with van der Waals surface area (Å²) in [5.41, 5.74) is 0.889. The Morgan fingerprint density at radius 2 is 1.91 bits per heavy atom. The molecule has 1 atom stereocenters. The monoisotopic (exact) mass is 319 g/mol. The highest BCUT2D eigenvalue weighted by atomic mass is 16.5. The third-order valence-electron chi connectivity index (χ3n) is 4.02. The lowest BCUT2D eigenvalue weighted by atomic mass is 10.1. The fourth-order valence-electron chi connectivity index (χ4n) is 2.72. The number of nitrogens with zero attached hydrogens (tertiary/aromatic N) is 1. The summed E-state index contributed by atoms with van der Waals surface area (Å²) in [5.74, 6) is 0.711. The fourth-order valence-corrected chi connectivity index (χ4v) is 2.72. The summed E-state index contributed by atoms with van der Waals surface area (Å²) in [6, 6.07) is 6.63. The normalized spacial score (nSPS) is 15.7. The first-order valence-electron chi connectivity index (χ1n) is 8.07. The second-order valence-electron chi connectivity index (χ2n) is 5.75. The summed E-state index contributed by atoms with van der Waals surface area (Å²) in [5, 5.41) is 5.46. The number of para-hydroxylation sites is 1. The Kier molecular flexibility index (Phi) is 6.26. The summed E-state index contributed by atoms with van der Waals surface area (Å²) in [6.45, 7) is 3.64. The van der Waals surface area contributed by atoms with Crippen molar-refractivity contribution in [1.29, 1.82) is 0 Å². The number of carbonyl (C=O) groups excluding carboxylic acids is 2. The summed E-state index contributed by atoms with van der Waals surface area (Å²) < 4.78 is 5.24. The van der Waals surface area contributed by atoms with Crippen LogP contribution in [-0.2, 0) is 11.3 Å². The van der Waals surface area contributed by atoms with Gasteiger partial charge in [-0.3, -0.25) is 4.79 Å². The van der Waals surface area contributed by atoms with Gasteiger partial charge in [0.25, 0.3) is 0 Å². The maximum atomic E-state index is 12.3. The molecule has 1 aliphatic rings.